The minimum atomic E-state index is 0.484. The molecule has 0 spiro atoms. The summed E-state index contributed by atoms with van der Waals surface area (Å²) in [5, 5.41) is 3.39. The first-order valence-corrected chi connectivity index (χ1v) is 7.75. The van der Waals surface area contributed by atoms with Crippen LogP contribution in [-0.4, -0.2) is 31.1 Å². The quantitative estimate of drug-likeness (QED) is 0.903. The van der Waals surface area contributed by atoms with Gasteiger partial charge in [-0.25, -0.2) is 0 Å². The molecule has 2 atom stereocenters. The van der Waals surface area contributed by atoms with Crippen LogP contribution in [0.1, 0.15) is 49.5 Å². The molecule has 0 amide bonds. The first kappa shape index (κ1) is 13.2. The van der Waals surface area contributed by atoms with Crippen molar-refractivity contribution in [2.24, 2.45) is 5.92 Å². The van der Waals surface area contributed by atoms with Gasteiger partial charge in [-0.1, -0.05) is 6.42 Å². The average molecular weight is 262 g/mol. The molecule has 1 N–H and O–H groups in total. The number of likely N-dealkylation sites (tertiary alicyclic amines) is 1. The van der Waals surface area contributed by atoms with E-state index in [1.165, 1.54) is 50.0 Å². The zero-order valence-electron chi connectivity index (χ0n) is 12.2. The van der Waals surface area contributed by atoms with Crippen molar-refractivity contribution < 1.29 is 4.42 Å². The third-order valence-corrected chi connectivity index (χ3v) is 4.70. The number of furan rings is 1. The van der Waals surface area contributed by atoms with E-state index in [0.717, 1.165) is 12.6 Å². The standard InChI is InChI=1S/C16H26N2O/c1-12-8-10-19-16(12)15-13(11-17-2)5-3-4-9-18(15)14-6-7-14/h8,10,13-15,17H,3-7,9,11H2,1-2H3. The molecule has 1 saturated carbocycles. The lowest BCUT2D eigenvalue weighted by atomic mass is 9.91. The fourth-order valence-electron chi connectivity index (χ4n) is 3.61. The smallest absolute Gasteiger partial charge is 0.124 e. The van der Waals surface area contributed by atoms with Gasteiger partial charge in [0.15, 0.2) is 0 Å². The molecule has 2 aliphatic rings. The van der Waals surface area contributed by atoms with Crippen molar-refractivity contribution in [2.45, 2.75) is 51.1 Å². The van der Waals surface area contributed by atoms with Crippen LogP contribution in [0.4, 0.5) is 0 Å². The lowest BCUT2D eigenvalue weighted by Crippen LogP contribution is -2.37. The Kier molecular flexibility index (Phi) is 3.94. The molecule has 0 radical (unpaired) electrons. The van der Waals surface area contributed by atoms with E-state index in [-0.39, 0.29) is 0 Å². The van der Waals surface area contributed by atoms with Crippen LogP contribution in [0, 0.1) is 12.8 Å². The van der Waals surface area contributed by atoms with Crippen LogP contribution in [0.5, 0.6) is 0 Å². The Labute approximate surface area is 116 Å². The second-order valence-corrected chi connectivity index (χ2v) is 6.20. The number of nitrogens with one attached hydrogen (secondary N) is 1. The van der Waals surface area contributed by atoms with Gasteiger partial charge in [0, 0.05) is 6.04 Å². The minimum absolute atomic E-state index is 0.484. The summed E-state index contributed by atoms with van der Waals surface area (Å²) in [6.45, 7) is 4.52. The minimum Gasteiger partial charge on any atom is -0.467 e. The Morgan fingerprint density at radius 3 is 2.79 bits per heavy atom. The number of rotatable bonds is 4. The first-order valence-electron chi connectivity index (χ1n) is 7.75. The predicted molar refractivity (Wildman–Crippen MR) is 77.2 cm³/mol. The number of hydrogen-bond acceptors (Lipinski definition) is 3. The SMILES string of the molecule is CNCC1CCCCN(C2CC2)C1c1occc1C. The van der Waals surface area contributed by atoms with Gasteiger partial charge in [-0.05, 0) is 70.3 Å². The van der Waals surface area contributed by atoms with E-state index in [1.807, 2.05) is 6.26 Å². The van der Waals surface area contributed by atoms with Crippen LogP contribution in [-0.2, 0) is 0 Å². The van der Waals surface area contributed by atoms with E-state index in [9.17, 15) is 0 Å². The Bertz CT molecular complexity index is 411. The van der Waals surface area contributed by atoms with Gasteiger partial charge in [0.05, 0.1) is 12.3 Å². The Morgan fingerprint density at radius 1 is 1.32 bits per heavy atom. The van der Waals surface area contributed by atoms with Gasteiger partial charge in [0.25, 0.3) is 0 Å². The van der Waals surface area contributed by atoms with Gasteiger partial charge in [-0.2, -0.15) is 0 Å². The Hall–Kier alpha value is -0.800. The normalized spacial score (nSPS) is 29.4. The molecule has 106 valence electrons. The third-order valence-electron chi connectivity index (χ3n) is 4.70. The second-order valence-electron chi connectivity index (χ2n) is 6.20. The van der Waals surface area contributed by atoms with Crippen LogP contribution in [0.25, 0.3) is 0 Å². The van der Waals surface area contributed by atoms with Gasteiger partial charge >= 0.3 is 0 Å². The zero-order valence-corrected chi connectivity index (χ0v) is 12.2. The maximum Gasteiger partial charge on any atom is 0.124 e. The van der Waals surface area contributed by atoms with Crippen LogP contribution in [0.15, 0.2) is 16.7 Å². The monoisotopic (exact) mass is 262 g/mol. The second kappa shape index (κ2) is 5.68. The summed E-state index contributed by atoms with van der Waals surface area (Å²) in [6.07, 6.45) is 8.62. The average Bonchev–Trinajstić information content (AvgIpc) is 3.17. The first-order chi connectivity index (χ1) is 9.31. The molecule has 1 aromatic heterocycles. The summed E-state index contributed by atoms with van der Waals surface area (Å²) < 4.78 is 5.87. The van der Waals surface area contributed by atoms with Crippen LogP contribution < -0.4 is 5.32 Å². The molecule has 3 rings (SSSR count). The summed E-state index contributed by atoms with van der Waals surface area (Å²) in [7, 11) is 2.07. The van der Waals surface area contributed by atoms with Gasteiger partial charge in [0.1, 0.15) is 5.76 Å². The van der Waals surface area contributed by atoms with Crippen LogP contribution in [0.3, 0.4) is 0 Å². The molecule has 2 unspecified atom stereocenters. The molecule has 1 aliphatic heterocycles. The summed E-state index contributed by atoms with van der Waals surface area (Å²) in [6, 6.07) is 3.41. The van der Waals surface area contributed by atoms with Gasteiger partial charge in [0.2, 0.25) is 0 Å². The molecule has 3 heteroatoms. The van der Waals surface area contributed by atoms with Crippen molar-refractivity contribution >= 4 is 0 Å². The molecular formula is C16H26N2O. The summed E-state index contributed by atoms with van der Waals surface area (Å²) in [5.41, 5.74) is 1.32. The highest BCUT2D eigenvalue weighted by atomic mass is 16.3. The highest BCUT2D eigenvalue weighted by Crippen LogP contribution is 2.42. The fourth-order valence-corrected chi connectivity index (χ4v) is 3.61. The van der Waals surface area contributed by atoms with E-state index >= 15 is 0 Å². The third kappa shape index (κ3) is 2.72. The van der Waals surface area contributed by atoms with Gasteiger partial charge in [-0.3, -0.25) is 4.90 Å². The molecule has 3 nitrogen and oxygen atoms in total. The Balaban J connectivity index is 1.91. The zero-order chi connectivity index (χ0) is 13.2. The maximum absolute atomic E-state index is 5.87. The topological polar surface area (TPSA) is 28.4 Å². The van der Waals surface area contributed by atoms with Gasteiger partial charge < -0.3 is 9.73 Å². The molecule has 2 fully saturated rings. The fraction of sp³-hybridized carbons (Fsp3) is 0.750. The highest BCUT2D eigenvalue weighted by molar-refractivity contribution is 5.20. The molecule has 0 aromatic carbocycles. The van der Waals surface area contributed by atoms with E-state index in [4.69, 9.17) is 4.42 Å². The molecule has 2 heterocycles. The van der Waals surface area contributed by atoms with Crippen molar-refractivity contribution in [1.82, 2.24) is 10.2 Å². The molecule has 1 aliphatic carbocycles. The molecule has 1 saturated heterocycles. The molecule has 19 heavy (non-hydrogen) atoms. The largest absolute Gasteiger partial charge is 0.467 e. The predicted octanol–water partition coefficient (Wildman–Crippen LogP) is 3.11. The van der Waals surface area contributed by atoms with Crippen molar-refractivity contribution in [3.05, 3.63) is 23.7 Å². The number of hydrogen-bond donors (Lipinski definition) is 1. The van der Waals surface area contributed by atoms with Crippen molar-refractivity contribution in [1.29, 1.82) is 0 Å². The van der Waals surface area contributed by atoms with E-state index in [1.54, 1.807) is 0 Å². The lowest BCUT2D eigenvalue weighted by Gasteiger charge is -2.34. The van der Waals surface area contributed by atoms with E-state index in [2.05, 4.69) is 30.3 Å². The van der Waals surface area contributed by atoms with Crippen molar-refractivity contribution in [2.75, 3.05) is 20.1 Å². The van der Waals surface area contributed by atoms with E-state index < -0.39 is 0 Å². The highest BCUT2D eigenvalue weighted by Gasteiger charge is 2.40. The molecular weight excluding hydrogens is 236 g/mol. The number of nitrogens with zero attached hydrogens (tertiary/aromatic N) is 1. The summed E-state index contributed by atoms with van der Waals surface area (Å²) in [4.78, 5) is 2.74. The Morgan fingerprint density at radius 2 is 2.16 bits per heavy atom. The summed E-state index contributed by atoms with van der Waals surface area (Å²) >= 11 is 0. The number of aryl methyl sites for hydroxylation is 1. The van der Waals surface area contributed by atoms with Crippen molar-refractivity contribution in [3.63, 3.8) is 0 Å². The van der Waals surface area contributed by atoms with Crippen LogP contribution in [0.2, 0.25) is 0 Å². The lowest BCUT2D eigenvalue weighted by molar-refractivity contribution is 0.124. The van der Waals surface area contributed by atoms with Crippen LogP contribution >= 0.6 is 0 Å². The van der Waals surface area contributed by atoms with E-state index in [0.29, 0.717) is 12.0 Å². The molecule has 0 bridgehead atoms. The van der Waals surface area contributed by atoms with Gasteiger partial charge in [-0.15, -0.1) is 0 Å². The maximum atomic E-state index is 5.87. The van der Waals surface area contributed by atoms with Crippen molar-refractivity contribution in [3.8, 4) is 0 Å². The molecule has 1 aromatic rings. The summed E-state index contributed by atoms with van der Waals surface area (Å²) in [5.74, 6) is 1.90.